The van der Waals surface area contributed by atoms with Crippen LogP contribution < -0.4 is 16.2 Å². The van der Waals surface area contributed by atoms with Gasteiger partial charge in [-0.2, -0.15) is 0 Å². The highest BCUT2D eigenvalue weighted by molar-refractivity contribution is 7.89. The molecule has 0 radical (unpaired) electrons. The number of amides is 1. The molecular formula is C12H13N3O3S2. The minimum Gasteiger partial charge on any atom is -0.398 e. The molecule has 0 spiro atoms. The van der Waals surface area contributed by atoms with E-state index < -0.39 is 15.9 Å². The lowest BCUT2D eigenvalue weighted by molar-refractivity contribution is 0.1000. The zero-order chi connectivity index (χ0) is 14.8. The Kier molecular flexibility index (Phi) is 4.07. The molecule has 1 amide bonds. The van der Waals surface area contributed by atoms with Gasteiger partial charge in [-0.05, 0) is 29.6 Å². The summed E-state index contributed by atoms with van der Waals surface area (Å²) in [6.45, 7) is 0.191. The Labute approximate surface area is 120 Å². The van der Waals surface area contributed by atoms with Crippen molar-refractivity contribution in [3.63, 3.8) is 0 Å². The molecule has 0 atom stereocenters. The van der Waals surface area contributed by atoms with Gasteiger partial charge in [-0.25, -0.2) is 13.1 Å². The summed E-state index contributed by atoms with van der Waals surface area (Å²) in [6.07, 6.45) is 0. The van der Waals surface area contributed by atoms with Crippen LogP contribution in [0.15, 0.2) is 40.6 Å². The van der Waals surface area contributed by atoms with Gasteiger partial charge in [0.25, 0.3) is 0 Å². The first-order chi connectivity index (χ1) is 9.40. The lowest BCUT2D eigenvalue weighted by atomic mass is 10.2. The number of hydrogen-bond acceptors (Lipinski definition) is 5. The second kappa shape index (κ2) is 5.61. The normalized spacial score (nSPS) is 11.4. The summed E-state index contributed by atoms with van der Waals surface area (Å²) < 4.78 is 26.7. The number of carbonyl (C=O) groups excluding carboxylic acids is 1. The van der Waals surface area contributed by atoms with Gasteiger partial charge in [0, 0.05) is 17.0 Å². The topological polar surface area (TPSA) is 115 Å². The second-order valence-corrected chi connectivity index (χ2v) is 6.79. The quantitative estimate of drug-likeness (QED) is 0.712. The molecule has 1 aromatic carbocycles. The highest BCUT2D eigenvalue weighted by Gasteiger charge is 2.18. The van der Waals surface area contributed by atoms with Crippen LogP contribution in [0.25, 0.3) is 0 Å². The molecule has 0 saturated carbocycles. The number of sulfonamides is 1. The lowest BCUT2D eigenvalue weighted by Crippen LogP contribution is -2.24. The zero-order valence-corrected chi connectivity index (χ0v) is 12.0. The summed E-state index contributed by atoms with van der Waals surface area (Å²) >= 11 is 1.45. The van der Waals surface area contributed by atoms with Crippen LogP contribution in [0, 0.1) is 0 Å². The number of hydrogen-bond donors (Lipinski definition) is 3. The first kappa shape index (κ1) is 14.5. The molecule has 2 aromatic rings. The molecule has 0 saturated heterocycles. The third-order valence-electron chi connectivity index (χ3n) is 2.60. The number of rotatable bonds is 5. The molecule has 5 N–H and O–H groups in total. The standard InChI is InChI=1S/C12H13N3O3S2/c13-10-6-8(12(14)16)3-4-11(10)20(17,18)15-7-9-2-1-5-19-9/h1-6,15H,7,13H2,(H2,14,16). The van der Waals surface area contributed by atoms with Crippen molar-refractivity contribution >= 4 is 33.0 Å². The van der Waals surface area contributed by atoms with Crippen LogP contribution in [-0.4, -0.2) is 14.3 Å². The maximum absolute atomic E-state index is 12.1. The molecule has 8 heteroatoms. The summed E-state index contributed by atoms with van der Waals surface area (Å²) in [5.41, 5.74) is 10.9. The fourth-order valence-corrected chi connectivity index (χ4v) is 3.46. The summed E-state index contributed by atoms with van der Waals surface area (Å²) in [6, 6.07) is 7.52. The van der Waals surface area contributed by atoms with Crippen molar-refractivity contribution in [2.45, 2.75) is 11.4 Å². The van der Waals surface area contributed by atoms with Gasteiger partial charge >= 0.3 is 0 Å². The Morgan fingerprint density at radius 2 is 2.05 bits per heavy atom. The van der Waals surface area contributed by atoms with E-state index in [1.54, 1.807) is 0 Å². The third kappa shape index (κ3) is 3.16. The first-order valence-corrected chi connectivity index (χ1v) is 7.98. The van der Waals surface area contributed by atoms with Gasteiger partial charge in [0.1, 0.15) is 4.90 Å². The van der Waals surface area contributed by atoms with E-state index in [-0.39, 0.29) is 22.7 Å². The van der Waals surface area contributed by atoms with Crippen LogP contribution in [0.1, 0.15) is 15.2 Å². The molecule has 0 fully saturated rings. The monoisotopic (exact) mass is 311 g/mol. The maximum atomic E-state index is 12.1. The third-order valence-corrected chi connectivity index (χ3v) is 4.95. The minimum absolute atomic E-state index is 0.0139. The number of thiophene rings is 1. The van der Waals surface area contributed by atoms with E-state index in [1.807, 2.05) is 17.5 Å². The molecular weight excluding hydrogens is 298 g/mol. The van der Waals surface area contributed by atoms with Gasteiger partial charge in [0.2, 0.25) is 15.9 Å². The summed E-state index contributed by atoms with van der Waals surface area (Å²) in [5.74, 6) is -0.660. The molecule has 0 aliphatic rings. The van der Waals surface area contributed by atoms with Crippen LogP contribution in [0.5, 0.6) is 0 Å². The molecule has 2 rings (SSSR count). The number of benzene rings is 1. The van der Waals surface area contributed by atoms with Gasteiger partial charge in [-0.3, -0.25) is 4.79 Å². The summed E-state index contributed by atoms with van der Waals surface area (Å²) in [7, 11) is -3.73. The van der Waals surface area contributed by atoms with E-state index in [9.17, 15) is 13.2 Å². The van der Waals surface area contributed by atoms with Crippen LogP contribution >= 0.6 is 11.3 Å². The lowest BCUT2D eigenvalue weighted by Gasteiger charge is -2.09. The Balaban J connectivity index is 2.23. The van der Waals surface area contributed by atoms with Gasteiger partial charge in [-0.1, -0.05) is 6.07 Å². The number of nitrogens with one attached hydrogen (secondary N) is 1. The van der Waals surface area contributed by atoms with Crippen molar-refractivity contribution < 1.29 is 13.2 Å². The van der Waals surface area contributed by atoms with E-state index in [4.69, 9.17) is 11.5 Å². The smallest absolute Gasteiger partial charge is 0.248 e. The number of anilines is 1. The Morgan fingerprint density at radius 3 is 2.60 bits per heavy atom. The zero-order valence-electron chi connectivity index (χ0n) is 10.4. The molecule has 1 heterocycles. The summed E-state index contributed by atoms with van der Waals surface area (Å²) in [5, 5.41) is 1.86. The fraction of sp³-hybridized carbons (Fsp3) is 0.0833. The van der Waals surface area contributed by atoms with Crippen LogP contribution in [0.2, 0.25) is 0 Å². The highest BCUT2D eigenvalue weighted by atomic mass is 32.2. The number of primary amides is 1. The fourth-order valence-electron chi connectivity index (χ4n) is 1.60. The molecule has 0 aliphatic carbocycles. The van der Waals surface area contributed by atoms with Gasteiger partial charge in [0.15, 0.2) is 0 Å². The average Bonchev–Trinajstić information content (AvgIpc) is 2.89. The number of nitrogen functional groups attached to an aromatic ring is 1. The van der Waals surface area contributed by atoms with E-state index in [0.29, 0.717) is 0 Å². The van der Waals surface area contributed by atoms with Gasteiger partial charge in [0.05, 0.1) is 5.69 Å². The Morgan fingerprint density at radius 1 is 1.30 bits per heavy atom. The van der Waals surface area contributed by atoms with Crippen molar-refractivity contribution in [3.05, 3.63) is 46.2 Å². The van der Waals surface area contributed by atoms with E-state index in [1.165, 1.54) is 29.5 Å². The van der Waals surface area contributed by atoms with Crippen molar-refractivity contribution in [1.82, 2.24) is 4.72 Å². The molecule has 20 heavy (non-hydrogen) atoms. The SMILES string of the molecule is NC(=O)c1ccc(S(=O)(=O)NCc2cccs2)c(N)c1. The first-order valence-electron chi connectivity index (χ1n) is 5.61. The Hall–Kier alpha value is -1.90. The van der Waals surface area contributed by atoms with Crippen LogP contribution in [-0.2, 0) is 16.6 Å². The second-order valence-electron chi connectivity index (χ2n) is 4.02. The largest absolute Gasteiger partial charge is 0.398 e. The number of carbonyl (C=O) groups is 1. The van der Waals surface area contributed by atoms with Crippen molar-refractivity contribution in [2.75, 3.05) is 5.73 Å². The highest BCUT2D eigenvalue weighted by Crippen LogP contribution is 2.20. The van der Waals surface area contributed by atoms with Crippen molar-refractivity contribution in [3.8, 4) is 0 Å². The summed E-state index contributed by atoms with van der Waals surface area (Å²) in [4.78, 5) is 11.8. The predicted molar refractivity (Wildman–Crippen MR) is 77.7 cm³/mol. The van der Waals surface area contributed by atoms with E-state index in [0.717, 1.165) is 4.88 Å². The number of nitrogens with two attached hydrogens (primary N) is 2. The van der Waals surface area contributed by atoms with E-state index in [2.05, 4.69) is 4.72 Å². The Bertz CT molecular complexity index is 724. The van der Waals surface area contributed by atoms with Crippen molar-refractivity contribution in [2.24, 2.45) is 5.73 Å². The van der Waals surface area contributed by atoms with Crippen molar-refractivity contribution in [1.29, 1.82) is 0 Å². The van der Waals surface area contributed by atoms with Gasteiger partial charge < -0.3 is 11.5 Å². The van der Waals surface area contributed by atoms with Crippen LogP contribution in [0.4, 0.5) is 5.69 Å². The van der Waals surface area contributed by atoms with E-state index >= 15 is 0 Å². The average molecular weight is 311 g/mol. The maximum Gasteiger partial charge on any atom is 0.248 e. The van der Waals surface area contributed by atoms with Crippen LogP contribution in [0.3, 0.4) is 0 Å². The molecule has 0 bridgehead atoms. The predicted octanol–water partition coefficient (Wildman–Crippen LogP) is 0.908. The molecule has 0 aliphatic heterocycles. The minimum atomic E-state index is -3.73. The molecule has 6 nitrogen and oxygen atoms in total. The molecule has 106 valence electrons. The molecule has 1 aromatic heterocycles. The van der Waals surface area contributed by atoms with Gasteiger partial charge in [-0.15, -0.1) is 11.3 Å². The molecule has 0 unspecified atom stereocenters.